The molecule has 0 saturated heterocycles. The molecule has 80 valence electrons. The summed E-state index contributed by atoms with van der Waals surface area (Å²) >= 11 is 11.9. The van der Waals surface area contributed by atoms with Crippen molar-refractivity contribution in [2.75, 3.05) is 18.3 Å². The van der Waals surface area contributed by atoms with Crippen LogP contribution < -0.4 is 4.90 Å². The van der Waals surface area contributed by atoms with Crippen LogP contribution in [0.2, 0.25) is 5.02 Å². The zero-order valence-electron chi connectivity index (χ0n) is 8.36. The van der Waals surface area contributed by atoms with Crippen LogP contribution in [0.5, 0.6) is 0 Å². The number of quaternary nitrogens is 1. The molecule has 0 saturated carbocycles. The van der Waals surface area contributed by atoms with Crippen LogP contribution in [0.1, 0.15) is 5.56 Å². The molecule has 0 aliphatic heterocycles. The van der Waals surface area contributed by atoms with Gasteiger partial charge in [0.05, 0.1) is 18.3 Å². The zero-order valence-corrected chi connectivity index (χ0v) is 12.3. The molecule has 1 N–H and O–H groups in total. The molecule has 4 heteroatoms. The van der Waals surface area contributed by atoms with Gasteiger partial charge in [-0.05, 0) is 12.1 Å². The molecule has 0 unspecified atom stereocenters. The summed E-state index contributed by atoms with van der Waals surface area (Å²) in [6.07, 6.45) is 0. The molecule has 0 fully saturated rings. The molecule has 1 rings (SSSR count). The highest BCUT2D eigenvalue weighted by Crippen LogP contribution is 2.08. The van der Waals surface area contributed by atoms with Crippen LogP contribution >= 0.6 is 43.5 Å². The monoisotopic (exact) mass is 342 g/mol. The highest BCUT2D eigenvalue weighted by Gasteiger charge is 1.96. The Labute approximate surface area is 108 Å². The van der Waals surface area contributed by atoms with Crippen LogP contribution in [0.3, 0.4) is 0 Å². The molecule has 14 heavy (non-hydrogen) atoms. The van der Waals surface area contributed by atoms with E-state index in [-0.39, 0.29) is 0 Å². The van der Waals surface area contributed by atoms with Gasteiger partial charge >= 0.3 is 0 Å². The van der Waals surface area contributed by atoms with E-state index in [9.17, 15) is 0 Å². The summed E-state index contributed by atoms with van der Waals surface area (Å²) in [4.78, 5) is 1.42. The van der Waals surface area contributed by atoms with E-state index in [4.69, 9.17) is 11.6 Å². The van der Waals surface area contributed by atoms with Gasteiger partial charge in [0, 0.05) is 10.6 Å². The van der Waals surface area contributed by atoms with Gasteiger partial charge in [-0.1, -0.05) is 55.6 Å². The van der Waals surface area contributed by atoms with E-state index < -0.39 is 0 Å². The number of halogens is 3. The SMILES string of the molecule is BrCBr.C[NH+](C)Cc1ccc(Cl)cc1. The molecule has 0 aliphatic carbocycles. The fraction of sp³-hybridized carbons (Fsp3) is 0.400. The molecule has 0 aliphatic rings. The average Bonchev–Trinajstić information content (AvgIpc) is 2.09. The lowest BCUT2D eigenvalue weighted by molar-refractivity contribution is -0.872. The number of rotatable bonds is 2. The first-order valence-electron chi connectivity index (χ1n) is 4.25. The largest absolute Gasteiger partial charge is 0.336 e. The summed E-state index contributed by atoms with van der Waals surface area (Å²) < 4.78 is 0.875. The quantitative estimate of drug-likeness (QED) is 0.787. The Hall–Kier alpha value is 0.430. The van der Waals surface area contributed by atoms with Gasteiger partial charge in [0.15, 0.2) is 0 Å². The fourth-order valence-electron chi connectivity index (χ4n) is 1.01. The molecule has 0 amide bonds. The van der Waals surface area contributed by atoms with Crippen molar-refractivity contribution in [3.63, 3.8) is 0 Å². The molecular weight excluding hydrogens is 329 g/mol. The second-order valence-corrected chi connectivity index (χ2v) is 6.17. The van der Waals surface area contributed by atoms with Gasteiger partial charge < -0.3 is 4.90 Å². The molecule has 0 bridgehead atoms. The van der Waals surface area contributed by atoms with E-state index >= 15 is 0 Å². The fourth-order valence-corrected chi connectivity index (χ4v) is 1.14. The van der Waals surface area contributed by atoms with Crippen molar-refractivity contribution < 1.29 is 4.90 Å². The first-order chi connectivity index (χ1) is 6.60. The van der Waals surface area contributed by atoms with Crippen molar-refractivity contribution in [1.29, 1.82) is 0 Å². The smallest absolute Gasteiger partial charge is 0.102 e. The maximum Gasteiger partial charge on any atom is 0.102 e. The van der Waals surface area contributed by atoms with Crippen molar-refractivity contribution in [1.82, 2.24) is 0 Å². The van der Waals surface area contributed by atoms with Gasteiger partial charge in [0.1, 0.15) is 6.54 Å². The number of nitrogens with one attached hydrogen (secondary N) is 1. The summed E-state index contributed by atoms with van der Waals surface area (Å²) in [5.74, 6) is 0. The molecule has 0 atom stereocenters. The van der Waals surface area contributed by atoms with Gasteiger partial charge in [0.25, 0.3) is 0 Å². The molecule has 1 nitrogen and oxygen atoms in total. The summed E-state index contributed by atoms with van der Waals surface area (Å²) in [5.41, 5.74) is 1.33. The van der Waals surface area contributed by atoms with Crippen molar-refractivity contribution in [3.8, 4) is 0 Å². The van der Waals surface area contributed by atoms with Crippen LogP contribution in [-0.4, -0.2) is 18.3 Å². The van der Waals surface area contributed by atoms with E-state index in [1.165, 1.54) is 10.5 Å². The standard InChI is InChI=1S/C9H12ClN.CH2Br2/c1-11(2)7-8-3-5-9(10)6-4-8;2-1-3/h3-6H,7H2,1-2H3;1H2/p+1. The lowest BCUT2D eigenvalue weighted by Gasteiger charge is -2.06. The van der Waals surface area contributed by atoms with E-state index in [0.29, 0.717) is 0 Å². The van der Waals surface area contributed by atoms with Crippen LogP contribution in [-0.2, 0) is 6.54 Å². The summed E-state index contributed by atoms with van der Waals surface area (Å²) in [6.45, 7) is 1.05. The lowest BCUT2D eigenvalue weighted by Crippen LogP contribution is -3.04. The van der Waals surface area contributed by atoms with Crippen LogP contribution in [0, 0.1) is 0 Å². The van der Waals surface area contributed by atoms with Gasteiger partial charge in [-0.3, -0.25) is 0 Å². The number of hydrogen-bond donors (Lipinski definition) is 1. The first-order valence-corrected chi connectivity index (χ1v) is 6.87. The molecule has 0 heterocycles. The summed E-state index contributed by atoms with van der Waals surface area (Å²) in [5, 5.41) is 0.808. The normalized spacial score (nSPS) is 9.57. The Kier molecular flexibility index (Phi) is 8.98. The van der Waals surface area contributed by atoms with E-state index in [2.05, 4.69) is 58.1 Å². The minimum absolute atomic E-state index is 0.808. The molecule has 0 radical (unpaired) electrons. The third kappa shape index (κ3) is 7.80. The third-order valence-corrected chi connectivity index (χ3v) is 1.72. The molecule has 1 aromatic rings. The van der Waals surface area contributed by atoms with Crippen LogP contribution in [0.25, 0.3) is 0 Å². The lowest BCUT2D eigenvalue weighted by atomic mass is 10.2. The predicted molar refractivity (Wildman–Crippen MR) is 70.7 cm³/mol. The predicted octanol–water partition coefficient (Wildman–Crippen LogP) is 2.72. The van der Waals surface area contributed by atoms with Crippen molar-refractivity contribution >= 4 is 43.5 Å². The van der Waals surface area contributed by atoms with Crippen LogP contribution in [0.15, 0.2) is 24.3 Å². The van der Waals surface area contributed by atoms with E-state index in [1.54, 1.807) is 0 Å². The Morgan fingerprint density at radius 2 is 1.57 bits per heavy atom. The molecule has 0 spiro atoms. The van der Waals surface area contributed by atoms with Crippen molar-refractivity contribution in [2.24, 2.45) is 0 Å². The first kappa shape index (κ1) is 14.4. The minimum atomic E-state index is 0.808. The van der Waals surface area contributed by atoms with E-state index in [1.807, 2.05) is 12.1 Å². The summed E-state index contributed by atoms with van der Waals surface area (Å²) in [7, 11) is 4.27. The van der Waals surface area contributed by atoms with Crippen molar-refractivity contribution in [2.45, 2.75) is 6.54 Å². The zero-order chi connectivity index (χ0) is 11.0. The summed E-state index contributed by atoms with van der Waals surface area (Å²) in [6, 6.07) is 7.99. The number of hydrogen-bond acceptors (Lipinski definition) is 0. The maximum absolute atomic E-state index is 5.74. The second-order valence-electron chi connectivity index (χ2n) is 3.11. The van der Waals surface area contributed by atoms with Crippen LogP contribution in [0.4, 0.5) is 0 Å². The average molecular weight is 344 g/mol. The Bertz CT molecular complexity index is 236. The van der Waals surface area contributed by atoms with Crippen molar-refractivity contribution in [3.05, 3.63) is 34.9 Å². The highest BCUT2D eigenvalue weighted by atomic mass is 79.9. The minimum Gasteiger partial charge on any atom is -0.336 e. The Balaban J connectivity index is 0.000000500. The number of benzene rings is 1. The van der Waals surface area contributed by atoms with Gasteiger partial charge in [-0.2, -0.15) is 0 Å². The van der Waals surface area contributed by atoms with Gasteiger partial charge in [0.2, 0.25) is 0 Å². The molecular formula is C10H15Br2ClN+. The second kappa shape index (κ2) is 8.72. The van der Waals surface area contributed by atoms with Gasteiger partial charge in [-0.15, -0.1) is 0 Å². The Morgan fingerprint density at radius 3 is 1.93 bits per heavy atom. The third-order valence-electron chi connectivity index (χ3n) is 1.47. The van der Waals surface area contributed by atoms with Gasteiger partial charge in [-0.25, -0.2) is 0 Å². The molecule has 1 aromatic carbocycles. The maximum atomic E-state index is 5.74. The topological polar surface area (TPSA) is 4.44 Å². The number of alkyl halides is 2. The highest BCUT2D eigenvalue weighted by molar-refractivity contribution is 9.24. The molecule has 0 aromatic heterocycles. The van der Waals surface area contributed by atoms with E-state index in [0.717, 1.165) is 15.8 Å². The Morgan fingerprint density at radius 1 is 1.14 bits per heavy atom.